The van der Waals surface area contributed by atoms with Gasteiger partial charge >= 0.3 is 0 Å². The lowest BCUT2D eigenvalue weighted by Crippen LogP contribution is -2.16. The Morgan fingerprint density at radius 3 is 2.12 bits per heavy atom. The Bertz CT molecular complexity index is 940. The molecule has 1 aliphatic rings. The van der Waals surface area contributed by atoms with Crippen molar-refractivity contribution >= 4 is 15.9 Å². The molecule has 0 amide bonds. The van der Waals surface area contributed by atoms with Gasteiger partial charge in [-0.15, -0.1) is 0 Å². The lowest BCUT2D eigenvalue weighted by atomic mass is 9.79. The van der Waals surface area contributed by atoms with E-state index in [1.807, 2.05) is 0 Å². The van der Waals surface area contributed by atoms with Gasteiger partial charge in [0.2, 0.25) is 0 Å². The van der Waals surface area contributed by atoms with E-state index in [0.29, 0.717) is 5.56 Å². The molecule has 2 N–H and O–H groups in total. The monoisotopic (exact) mass is 356 g/mol. The lowest BCUT2D eigenvalue weighted by molar-refractivity contribution is -0.110. The number of rotatable bonds is 4. The molecule has 128 valence electrons. The van der Waals surface area contributed by atoms with Gasteiger partial charge in [-0.1, -0.05) is 42.5 Å². The van der Waals surface area contributed by atoms with Crippen LogP contribution in [0.25, 0.3) is 0 Å². The highest BCUT2D eigenvalue weighted by Crippen LogP contribution is 2.38. The first kappa shape index (κ1) is 17.1. The second kappa shape index (κ2) is 6.66. The van der Waals surface area contributed by atoms with Crippen molar-refractivity contribution in [1.82, 2.24) is 0 Å². The zero-order valence-electron chi connectivity index (χ0n) is 13.1. The van der Waals surface area contributed by atoms with Crippen molar-refractivity contribution in [2.75, 3.05) is 0 Å². The van der Waals surface area contributed by atoms with Crippen LogP contribution in [-0.4, -0.2) is 23.9 Å². The van der Waals surface area contributed by atoms with Crippen molar-refractivity contribution in [3.05, 3.63) is 84.0 Å². The van der Waals surface area contributed by atoms with Crippen LogP contribution in [0.3, 0.4) is 0 Å². The second-order valence-electron chi connectivity index (χ2n) is 5.78. The minimum Gasteiger partial charge on any atom is -0.508 e. The van der Waals surface area contributed by atoms with E-state index in [4.69, 9.17) is 0 Å². The summed E-state index contributed by atoms with van der Waals surface area (Å²) < 4.78 is 33.2. The smallest absolute Gasteiger partial charge is 0.294 e. The van der Waals surface area contributed by atoms with Gasteiger partial charge in [0, 0.05) is 11.8 Å². The number of benzene rings is 2. The third-order valence-corrected chi connectivity index (χ3v) is 5.06. The maximum absolute atomic E-state index is 11.8. The number of carbonyl (C=O) groups excluding carboxylic acids is 1. The first-order chi connectivity index (χ1) is 11.9. The average molecular weight is 356 g/mol. The molecule has 0 aromatic heterocycles. The van der Waals surface area contributed by atoms with Crippen LogP contribution in [0.5, 0.6) is 5.75 Å². The number of carbonyl (C=O) groups is 1. The van der Waals surface area contributed by atoms with Crippen LogP contribution in [0.15, 0.2) is 77.7 Å². The summed E-state index contributed by atoms with van der Waals surface area (Å²) in [6.07, 6.45) is 6.30. The predicted octanol–water partition coefficient (Wildman–Crippen LogP) is 3.08. The Morgan fingerprint density at radius 2 is 1.52 bits per heavy atom. The highest BCUT2D eigenvalue weighted by molar-refractivity contribution is 7.85. The summed E-state index contributed by atoms with van der Waals surface area (Å²) in [6.45, 7) is 0. The molecule has 1 aliphatic carbocycles. The summed E-state index contributed by atoms with van der Waals surface area (Å²) in [6, 6.07) is 12.6. The zero-order valence-corrected chi connectivity index (χ0v) is 13.9. The Morgan fingerprint density at radius 1 is 0.920 bits per heavy atom. The molecule has 0 fully saturated rings. The minimum absolute atomic E-state index is 0.0930. The molecular formula is C19H16O5S. The summed E-state index contributed by atoms with van der Waals surface area (Å²) in [5.74, 6) is -0.760. The van der Waals surface area contributed by atoms with E-state index in [1.54, 1.807) is 36.4 Å². The van der Waals surface area contributed by atoms with Gasteiger partial charge in [-0.2, -0.15) is 8.42 Å². The fraction of sp³-hybridized carbons (Fsp3) is 0.105. The molecule has 0 aliphatic heterocycles. The van der Waals surface area contributed by atoms with Gasteiger partial charge in [0.25, 0.3) is 10.1 Å². The Hall–Kier alpha value is -2.70. The summed E-state index contributed by atoms with van der Waals surface area (Å²) in [4.78, 5) is 11.3. The molecule has 0 unspecified atom stereocenters. The Balaban J connectivity index is 2.19. The minimum atomic E-state index is -4.41. The van der Waals surface area contributed by atoms with Gasteiger partial charge in [-0.05, 0) is 41.5 Å². The van der Waals surface area contributed by atoms with E-state index in [9.17, 15) is 22.9 Å². The van der Waals surface area contributed by atoms with E-state index in [1.165, 1.54) is 36.4 Å². The van der Waals surface area contributed by atoms with Gasteiger partial charge in [0.1, 0.15) is 5.75 Å². The summed E-state index contributed by atoms with van der Waals surface area (Å²) in [5.41, 5.74) is 1.17. The van der Waals surface area contributed by atoms with Crippen LogP contribution in [0.4, 0.5) is 0 Å². The average Bonchev–Trinajstić information content (AvgIpc) is 2.58. The number of hydrogen-bond acceptors (Lipinski definition) is 4. The summed E-state index contributed by atoms with van der Waals surface area (Å²) in [5, 5.41) is 9.53. The molecular weight excluding hydrogens is 340 g/mol. The van der Waals surface area contributed by atoms with Gasteiger partial charge in [-0.3, -0.25) is 9.35 Å². The zero-order chi connectivity index (χ0) is 18.0. The number of aromatic hydroxyl groups is 1. The topological polar surface area (TPSA) is 91.7 Å². The van der Waals surface area contributed by atoms with Crippen molar-refractivity contribution in [3.63, 3.8) is 0 Å². The highest BCUT2D eigenvalue weighted by atomic mass is 32.2. The molecule has 0 saturated heterocycles. The molecule has 1 atom stereocenters. The second-order valence-corrected chi connectivity index (χ2v) is 7.17. The van der Waals surface area contributed by atoms with Gasteiger partial charge in [0.15, 0.2) is 5.78 Å². The number of ketones is 1. The van der Waals surface area contributed by atoms with Crippen LogP contribution in [-0.2, 0) is 14.9 Å². The molecule has 0 heterocycles. The van der Waals surface area contributed by atoms with Gasteiger partial charge in [-0.25, -0.2) is 0 Å². The van der Waals surface area contributed by atoms with E-state index < -0.39 is 16.0 Å². The van der Waals surface area contributed by atoms with E-state index >= 15 is 0 Å². The number of phenolic OH excluding ortho intramolecular Hbond substituents is 1. The summed E-state index contributed by atoms with van der Waals surface area (Å²) >= 11 is 0. The maximum Gasteiger partial charge on any atom is 0.294 e. The van der Waals surface area contributed by atoms with Crippen LogP contribution in [0, 0.1) is 5.92 Å². The van der Waals surface area contributed by atoms with Crippen LogP contribution in [0.1, 0.15) is 17.0 Å². The van der Waals surface area contributed by atoms with E-state index in [2.05, 4.69) is 0 Å². The number of hydrogen-bond donors (Lipinski definition) is 2. The Kier molecular flexibility index (Phi) is 4.57. The number of allylic oxidation sites excluding steroid dienone is 4. The molecule has 2 aromatic rings. The van der Waals surface area contributed by atoms with Crippen LogP contribution in [0.2, 0.25) is 0 Å². The third-order valence-electron chi connectivity index (χ3n) is 4.13. The van der Waals surface area contributed by atoms with Crippen LogP contribution >= 0.6 is 0 Å². The van der Waals surface area contributed by atoms with Crippen LogP contribution < -0.4 is 0 Å². The molecule has 0 spiro atoms. The lowest BCUT2D eigenvalue weighted by Gasteiger charge is -2.26. The highest BCUT2D eigenvalue weighted by Gasteiger charge is 2.28. The molecule has 25 heavy (non-hydrogen) atoms. The fourth-order valence-electron chi connectivity index (χ4n) is 3.02. The van der Waals surface area contributed by atoms with Gasteiger partial charge in [0.05, 0.1) is 4.90 Å². The molecule has 3 rings (SSSR count). The van der Waals surface area contributed by atoms with E-state index in [-0.39, 0.29) is 22.3 Å². The van der Waals surface area contributed by atoms with Crippen molar-refractivity contribution in [2.45, 2.75) is 10.8 Å². The molecule has 0 saturated carbocycles. The normalized spacial score (nSPS) is 16.1. The van der Waals surface area contributed by atoms with Gasteiger partial charge < -0.3 is 5.11 Å². The van der Waals surface area contributed by atoms with Crippen molar-refractivity contribution in [1.29, 1.82) is 0 Å². The first-order valence-electron chi connectivity index (χ1n) is 7.62. The summed E-state index contributed by atoms with van der Waals surface area (Å²) in [7, 11) is -4.41. The molecule has 6 heteroatoms. The van der Waals surface area contributed by atoms with E-state index in [0.717, 1.165) is 5.56 Å². The fourth-order valence-corrected chi connectivity index (χ4v) is 3.76. The molecule has 0 bridgehead atoms. The van der Waals surface area contributed by atoms with Crippen molar-refractivity contribution < 1.29 is 22.9 Å². The molecule has 2 aromatic carbocycles. The SMILES string of the molecule is O=C1C=CC([C@@H](c2ccc(O)cc2)c2ccccc2S(=O)(=O)O)C=C1. The predicted molar refractivity (Wildman–Crippen MR) is 93.0 cm³/mol. The largest absolute Gasteiger partial charge is 0.508 e. The van der Waals surface area contributed by atoms with Crippen molar-refractivity contribution in [2.24, 2.45) is 5.92 Å². The maximum atomic E-state index is 11.8. The van der Waals surface area contributed by atoms with Crippen molar-refractivity contribution in [3.8, 4) is 5.75 Å². The standard InChI is InChI=1S/C19H16O5S/c20-15-9-5-13(6-10-15)19(14-7-11-16(21)12-8-14)17-3-1-2-4-18(17)25(22,23)24/h1-13,19,21H,(H,22,23,24)/t19-/m0/s1. The molecule has 0 radical (unpaired) electrons. The number of phenols is 1. The molecule has 5 nitrogen and oxygen atoms in total. The quantitative estimate of drug-likeness (QED) is 0.822. The first-order valence-corrected chi connectivity index (χ1v) is 9.06. The Labute approximate surface area is 145 Å². The third kappa shape index (κ3) is 3.70.